The molecule has 5 rings (SSSR count). The lowest BCUT2D eigenvalue weighted by atomic mass is 9.79. The largest absolute Gasteiger partial charge is 0.478 e. The van der Waals surface area contributed by atoms with Gasteiger partial charge in [0.15, 0.2) is 0 Å². The molecule has 45 heavy (non-hydrogen) atoms. The lowest BCUT2D eigenvalue weighted by Gasteiger charge is -2.38. The highest BCUT2D eigenvalue weighted by Crippen LogP contribution is 2.43. The first-order valence-corrected chi connectivity index (χ1v) is 15.5. The number of carboxylic acids is 1. The number of benzene rings is 4. The fourth-order valence-electron chi connectivity index (χ4n) is 6.19. The number of hydrogen-bond donors (Lipinski definition) is 2. The zero-order valence-corrected chi connectivity index (χ0v) is 26.2. The topological polar surface area (TPSA) is 69.6 Å². The van der Waals surface area contributed by atoms with E-state index >= 15 is 0 Å². The van der Waals surface area contributed by atoms with Crippen molar-refractivity contribution in [1.29, 1.82) is 0 Å². The molecule has 0 aliphatic carbocycles. The van der Waals surface area contributed by atoms with Crippen molar-refractivity contribution in [2.24, 2.45) is 0 Å². The standard InChI is InChI=1S/C39H37ClN2O3/c1-27-35(38(43)41-24-13-16-29-14-6-3-7-15-29)37(32-21-12-22-33(40)26-32)36(39(44)45)28(2)42(27)25-23-34(30-17-8-4-9-18-30)31-19-10-5-11-20-31/h3-22,26,34,37H,23-25H2,1-2H3,(H,41,43)(H,44,45). The van der Waals surface area contributed by atoms with Crippen molar-refractivity contribution < 1.29 is 14.7 Å². The van der Waals surface area contributed by atoms with Gasteiger partial charge in [-0.3, -0.25) is 4.79 Å². The van der Waals surface area contributed by atoms with E-state index in [0.717, 1.165) is 11.3 Å². The normalized spacial score (nSPS) is 15.2. The van der Waals surface area contributed by atoms with Crippen molar-refractivity contribution in [3.63, 3.8) is 0 Å². The number of aliphatic carboxylic acids is 1. The van der Waals surface area contributed by atoms with Crippen LogP contribution in [0, 0.1) is 0 Å². The van der Waals surface area contributed by atoms with Gasteiger partial charge < -0.3 is 15.3 Å². The summed E-state index contributed by atoms with van der Waals surface area (Å²) >= 11 is 6.38. The van der Waals surface area contributed by atoms with Crippen molar-refractivity contribution in [3.05, 3.63) is 171 Å². The molecule has 0 bridgehead atoms. The van der Waals surface area contributed by atoms with Crippen LogP contribution in [0.5, 0.6) is 0 Å². The molecule has 1 aliphatic heterocycles. The minimum atomic E-state index is -1.06. The summed E-state index contributed by atoms with van der Waals surface area (Å²) in [6.07, 6.45) is 4.55. The fraction of sp³-hybridized carbons (Fsp3) is 0.179. The van der Waals surface area contributed by atoms with Gasteiger partial charge in [-0.25, -0.2) is 4.79 Å². The molecule has 0 spiro atoms. The number of carbonyl (C=O) groups is 2. The SMILES string of the molecule is CC1=C(C(=O)O)C(c2cccc(Cl)c2)C(C(=O)NCC=Cc2ccccc2)=C(C)N1CCC(c1ccccc1)c1ccccc1. The summed E-state index contributed by atoms with van der Waals surface area (Å²) in [4.78, 5) is 29.0. The summed E-state index contributed by atoms with van der Waals surface area (Å²) in [6, 6.07) is 37.6. The van der Waals surface area contributed by atoms with Gasteiger partial charge in [-0.15, -0.1) is 0 Å². The molecule has 0 fully saturated rings. The van der Waals surface area contributed by atoms with E-state index in [-0.39, 0.29) is 17.4 Å². The number of amides is 1. The van der Waals surface area contributed by atoms with Crippen molar-refractivity contribution >= 4 is 29.6 Å². The molecule has 0 radical (unpaired) electrons. The van der Waals surface area contributed by atoms with E-state index in [1.165, 1.54) is 11.1 Å². The van der Waals surface area contributed by atoms with Gasteiger partial charge in [0.05, 0.1) is 11.5 Å². The van der Waals surface area contributed by atoms with E-state index < -0.39 is 11.9 Å². The summed E-state index contributed by atoms with van der Waals surface area (Å²) < 4.78 is 0. The van der Waals surface area contributed by atoms with E-state index in [1.807, 2.05) is 104 Å². The van der Waals surface area contributed by atoms with Crippen LogP contribution in [0.3, 0.4) is 0 Å². The fourth-order valence-corrected chi connectivity index (χ4v) is 6.39. The second-order valence-corrected chi connectivity index (χ2v) is 11.6. The third-order valence-electron chi connectivity index (χ3n) is 8.36. The van der Waals surface area contributed by atoms with Gasteiger partial charge in [0.2, 0.25) is 5.91 Å². The molecule has 0 aromatic heterocycles. The van der Waals surface area contributed by atoms with Crippen LogP contribution in [0.1, 0.15) is 54.4 Å². The average Bonchev–Trinajstić information content (AvgIpc) is 3.05. The molecule has 1 aliphatic rings. The quantitative estimate of drug-likeness (QED) is 0.177. The van der Waals surface area contributed by atoms with E-state index in [0.29, 0.717) is 41.4 Å². The Hall–Kier alpha value is -4.87. The minimum Gasteiger partial charge on any atom is -0.478 e. The Labute approximate surface area is 270 Å². The number of hydrogen-bond acceptors (Lipinski definition) is 3. The van der Waals surface area contributed by atoms with Crippen LogP contribution in [0.25, 0.3) is 6.08 Å². The van der Waals surface area contributed by atoms with Gasteiger partial charge >= 0.3 is 5.97 Å². The number of allylic oxidation sites excluding steroid dienone is 2. The van der Waals surface area contributed by atoms with Gasteiger partial charge in [-0.1, -0.05) is 127 Å². The Morgan fingerprint density at radius 3 is 1.98 bits per heavy atom. The average molecular weight is 617 g/mol. The predicted molar refractivity (Wildman–Crippen MR) is 182 cm³/mol. The number of halogens is 1. The highest BCUT2D eigenvalue weighted by Gasteiger charge is 2.39. The highest BCUT2D eigenvalue weighted by atomic mass is 35.5. The molecule has 4 aromatic carbocycles. The molecule has 1 amide bonds. The van der Waals surface area contributed by atoms with Crippen molar-refractivity contribution in [2.45, 2.75) is 32.1 Å². The third kappa shape index (κ3) is 7.44. The molecule has 5 nitrogen and oxygen atoms in total. The van der Waals surface area contributed by atoms with Gasteiger partial charge in [0.25, 0.3) is 0 Å². The molecule has 0 saturated carbocycles. The zero-order chi connectivity index (χ0) is 31.8. The number of rotatable bonds is 11. The number of carbonyl (C=O) groups excluding carboxylic acids is 1. The Balaban J connectivity index is 1.51. The molecule has 6 heteroatoms. The van der Waals surface area contributed by atoms with E-state index in [2.05, 4.69) is 29.6 Å². The van der Waals surface area contributed by atoms with Crippen molar-refractivity contribution in [3.8, 4) is 0 Å². The van der Waals surface area contributed by atoms with Crippen LogP contribution >= 0.6 is 11.6 Å². The molecular weight excluding hydrogens is 580 g/mol. The maximum atomic E-state index is 14.0. The maximum Gasteiger partial charge on any atom is 0.334 e. The van der Waals surface area contributed by atoms with Crippen molar-refractivity contribution in [1.82, 2.24) is 10.2 Å². The molecule has 1 heterocycles. The van der Waals surface area contributed by atoms with Crippen LogP contribution in [0.15, 0.2) is 144 Å². The summed E-state index contributed by atoms with van der Waals surface area (Å²) in [7, 11) is 0. The predicted octanol–water partition coefficient (Wildman–Crippen LogP) is 8.42. The van der Waals surface area contributed by atoms with E-state index in [1.54, 1.807) is 18.2 Å². The summed E-state index contributed by atoms with van der Waals surface area (Å²) in [5.74, 6) is -2.07. The van der Waals surface area contributed by atoms with E-state index in [4.69, 9.17) is 11.6 Å². The van der Waals surface area contributed by atoms with Crippen LogP contribution in [-0.2, 0) is 9.59 Å². The molecule has 1 atom stereocenters. The smallest absolute Gasteiger partial charge is 0.334 e. The first-order chi connectivity index (χ1) is 21.8. The van der Waals surface area contributed by atoms with E-state index in [9.17, 15) is 14.7 Å². The van der Waals surface area contributed by atoms with Crippen LogP contribution in [-0.4, -0.2) is 35.0 Å². The zero-order valence-electron chi connectivity index (χ0n) is 25.5. The second-order valence-electron chi connectivity index (χ2n) is 11.1. The summed E-state index contributed by atoms with van der Waals surface area (Å²) in [6.45, 7) is 4.56. The lowest BCUT2D eigenvalue weighted by molar-refractivity contribution is -0.133. The Morgan fingerprint density at radius 1 is 0.822 bits per heavy atom. The van der Waals surface area contributed by atoms with Gasteiger partial charge in [0.1, 0.15) is 0 Å². The second kappa shape index (κ2) is 14.7. The van der Waals surface area contributed by atoms with Gasteiger partial charge in [-0.05, 0) is 54.7 Å². The molecule has 0 saturated heterocycles. The van der Waals surface area contributed by atoms with Crippen LogP contribution in [0.4, 0.5) is 0 Å². The summed E-state index contributed by atoms with van der Waals surface area (Å²) in [5.41, 5.74) is 5.98. The Kier molecular flexibility index (Phi) is 10.3. The highest BCUT2D eigenvalue weighted by molar-refractivity contribution is 6.30. The van der Waals surface area contributed by atoms with Crippen LogP contribution in [0.2, 0.25) is 5.02 Å². The minimum absolute atomic E-state index is 0.0901. The number of nitrogens with zero attached hydrogens (tertiary/aromatic N) is 1. The first-order valence-electron chi connectivity index (χ1n) is 15.1. The Bertz CT molecular complexity index is 1690. The number of nitrogens with one attached hydrogen (secondary N) is 1. The van der Waals surface area contributed by atoms with Gasteiger partial charge in [-0.2, -0.15) is 0 Å². The molecule has 1 unspecified atom stereocenters. The third-order valence-corrected chi connectivity index (χ3v) is 8.59. The van der Waals surface area contributed by atoms with Crippen molar-refractivity contribution in [2.75, 3.05) is 13.1 Å². The monoisotopic (exact) mass is 616 g/mol. The molecular formula is C39H37ClN2O3. The Morgan fingerprint density at radius 2 is 1.40 bits per heavy atom. The molecule has 4 aromatic rings. The number of carboxylic acid groups (broad SMARTS) is 1. The lowest BCUT2D eigenvalue weighted by Crippen LogP contribution is -2.38. The molecule has 2 N–H and O–H groups in total. The maximum absolute atomic E-state index is 14.0. The summed E-state index contributed by atoms with van der Waals surface area (Å²) in [5, 5.41) is 14.1. The first kappa shape index (κ1) is 31.6. The van der Waals surface area contributed by atoms with Crippen LogP contribution < -0.4 is 5.32 Å². The van der Waals surface area contributed by atoms with Gasteiger partial charge in [0, 0.05) is 41.0 Å². The molecule has 228 valence electrons.